The Bertz CT molecular complexity index is 983. The zero-order chi connectivity index (χ0) is 19.6. The molecule has 140 valence electrons. The highest BCUT2D eigenvalue weighted by atomic mass is 19.4. The van der Waals surface area contributed by atoms with Crippen LogP contribution < -0.4 is 4.74 Å². The lowest BCUT2D eigenvalue weighted by Gasteiger charge is -2.18. The van der Waals surface area contributed by atoms with Crippen molar-refractivity contribution >= 4 is 16.7 Å². The van der Waals surface area contributed by atoms with Crippen LogP contribution in [0.1, 0.15) is 21.5 Å². The van der Waals surface area contributed by atoms with Gasteiger partial charge in [0.25, 0.3) is 5.91 Å². The van der Waals surface area contributed by atoms with Crippen LogP contribution in [-0.4, -0.2) is 25.0 Å². The molecule has 0 aliphatic heterocycles. The van der Waals surface area contributed by atoms with E-state index in [0.717, 1.165) is 34.2 Å². The average Bonchev–Trinajstić information content (AvgIpc) is 2.66. The van der Waals surface area contributed by atoms with Gasteiger partial charge in [-0.2, -0.15) is 13.2 Å². The van der Waals surface area contributed by atoms with Crippen molar-refractivity contribution in [3.05, 3.63) is 77.4 Å². The van der Waals surface area contributed by atoms with Crippen molar-refractivity contribution in [1.82, 2.24) is 4.90 Å². The van der Waals surface area contributed by atoms with Crippen LogP contribution in [0, 0.1) is 0 Å². The summed E-state index contributed by atoms with van der Waals surface area (Å²) in [4.78, 5) is 13.9. The van der Waals surface area contributed by atoms with Gasteiger partial charge < -0.3 is 9.64 Å². The van der Waals surface area contributed by atoms with Crippen molar-refractivity contribution in [2.45, 2.75) is 12.7 Å². The van der Waals surface area contributed by atoms with Crippen molar-refractivity contribution in [2.24, 2.45) is 0 Å². The smallest absolute Gasteiger partial charge is 0.416 e. The average molecular weight is 373 g/mol. The number of amides is 1. The number of methoxy groups -OCH3 is 1. The van der Waals surface area contributed by atoms with Crippen molar-refractivity contribution in [3.63, 3.8) is 0 Å². The molecular weight excluding hydrogens is 355 g/mol. The summed E-state index contributed by atoms with van der Waals surface area (Å²) in [5.41, 5.74) is 0.0646. The molecule has 27 heavy (non-hydrogen) atoms. The Kier molecular flexibility index (Phi) is 5.08. The summed E-state index contributed by atoms with van der Waals surface area (Å²) in [7, 11) is 3.17. The Morgan fingerprint density at radius 1 is 1.00 bits per heavy atom. The van der Waals surface area contributed by atoms with E-state index in [1.807, 2.05) is 36.4 Å². The molecule has 0 N–H and O–H groups in total. The first-order chi connectivity index (χ1) is 12.8. The van der Waals surface area contributed by atoms with E-state index in [2.05, 4.69) is 0 Å². The molecule has 0 saturated carbocycles. The number of ether oxygens (including phenoxy) is 1. The Balaban J connectivity index is 1.79. The van der Waals surface area contributed by atoms with E-state index < -0.39 is 17.6 Å². The molecule has 0 atom stereocenters. The quantitative estimate of drug-likeness (QED) is 0.634. The molecule has 6 heteroatoms. The number of benzene rings is 3. The summed E-state index contributed by atoms with van der Waals surface area (Å²) in [6, 6.07) is 15.9. The zero-order valence-electron chi connectivity index (χ0n) is 14.9. The Morgan fingerprint density at radius 3 is 2.41 bits per heavy atom. The van der Waals surface area contributed by atoms with E-state index in [-0.39, 0.29) is 12.1 Å². The van der Waals surface area contributed by atoms with Gasteiger partial charge >= 0.3 is 6.18 Å². The van der Waals surface area contributed by atoms with Gasteiger partial charge in [-0.3, -0.25) is 4.79 Å². The molecule has 0 aliphatic rings. The second-order valence-corrected chi connectivity index (χ2v) is 6.29. The lowest BCUT2D eigenvalue weighted by molar-refractivity contribution is -0.137. The maximum Gasteiger partial charge on any atom is 0.416 e. The van der Waals surface area contributed by atoms with Crippen LogP contribution in [0.4, 0.5) is 13.2 Å². The maximum absolute atomic E-state index is 12.8. The summed E-state index contributed by atoms with van der Waals surface area (Å²) < 4.78 is 43.7. The molecule has 0 unspecified atom stereocenters. The van der Waals surface area contributed by atoms with Gasteiger partial charge in [0.15, 0.2) is 0 Å². The van der Waals surface area contributed by atoms with Crippen LogP contribution in [0.25, 0.3) is 10.8 Å². The summed E-state index contributed by atoms with van der Waals surface area (Å²) >= 11 is 0. The standard InChI is InChI=1S/C21H18F3NO2/c1-25(20(26)17-4-3-5-18(11-17)21(22,23)24)13-14-6-7-16-12-19(27-2)9-8-15(16)10-14/h3-12H,13H2,1-2H3. The molecule has 0 aromatic heterocycles. The molecule has 0 bridgehead atoms. The Morgan fingerprint density at radius 2 is 1.70 bits per heavy atom. The van der Waals surface area contributed by atoms with Crippen molar-refractivity contribution in [1.29, 1.82) is 0 Å². The van der Waals surface area contributed by atoms with E-state index in [1.54, 1.807) is 14.2 Å². The minimum atomic E-state index is -4.48. The fraction of sp³-hybridized carbons (Fsp3) is 0.190. The number of carbonyl (C=O) groups excluding carboxylic acids is 1. The minimum absolute atomic E-state index is 0.0119. The molecule has 3 nitrogen and oxygen atoms in total. The van der Waals surface area contributed by atoms with Crippen molar-refractivity contribution < 1.29 is 22.7 Å². The number of fused-ring (bicyclic) bond motifs is 1. The number of hydrogen-bond acceptors (Lipinski definition) is 2. The molecular formula is C21H18F3NO2. The first kappa shape index (κ1) is 18.8. The number of halogens is 3. The van der Waals surface area contributed by atoms with Gasteiger partial charge in [-0.05, 0) is 52.7 Å². The lowest BCUT2D eigenvalue weighted by atomic mass is 10.1. The Labute approximate surface area is 155 Å². The second kappa shape index (κ2) is 7.31. The maximum atomic E-state index is 12.8. The Hall–Kier alpha value is -3.02. The third-order valence-corrected chi connectivity index (χ3v) is 4.32. The van der Waals surface area contributed by atoms with Gasteiger partial charge in [-0.25, -0.2) is 0 Å². The summed E-state index contributed by atoms with van der Waals surface area (Å²) in [6.07, 6.45) is -4.48. The molecule has 0 spiro atoms. The molecule has 0 heterocycles. The van der Waals surface area contributed by atoms with Gasteiger partial charge in [0, 0.05) is 19.2 Å². The predicted molar refractivity (Wildman–Crippen MR) is 97.7 cm³/mol. The normalized spacial score (nSPS) is 11.4. The number of carbonyl (C=O) groups is 1. The SMILES string of the molecule is COc1ccc2cc(CN(C)C(=O)c3cccc(C(F)(F)F)c3)ccc2c1. The van der Waals surface area contributed by atoms with Crippen LogP contribution in [-0.2, 0) is 12.7 Å². The number of nitrogens with zero attached hydrogens (tertiary/aromatic N) is 1. The monoisotopic (exact) mass is 373 g/mol. The van der Waals surface area contributed by atoms with Gasteiger partial charge in [-0.1, -0.05) is 24.3 Å². The van der Waals surface area contributed by atoms with E-state index >= 15 is 0 Å². The molecule has 0 radical (unpaired) electrons. The molecule has 3 rings (SSSR count). The van der Waals surface area contributed by atoms with Crippen LogP contribution in [0.2, 0.25) is 0 Å². The largest absolute Gasteiger partial charge is 0.497 e. The summed E-state index contributed by atoms with van der Waals surface area (Å²) in [6.45, 7) is 0.289. The zero-order valence-corrected chi connectivity index (χ0v) is 14.9. The van der Waals surface area contributed by atoms with E-state index in [0.29, 0.717) is 0 Å². The number of hydrogen-bond donors (Lipinski definition) is 0. The minimum Gasteiger partial charge on any atom is -0.497 e. The summed E-state index contributed by atoms with van der Waals surface area (Å²) in [5.74, 6) is 0.294. The van der Waals surface area contributed by atoms with Gasteiger partial charge in [0.05, 0.1) is 12.7 Å². The summed E-state index contributed by atoms with van der Waals surface area (Å²) in [5, 5.41) is 2.00. The number of alkyl halides is 3. The molecule has 3 aromatic carbocycles. The fourth-order valence-corrected chi connectivity index (χ4v) is 2.89. The third kappa shape index (κ3) is 4.22. The highest BCUT2D eigenvalue weighted by Crippen LogP contribution is 2.30. The van der Waals surface area contributed by atoms with Crippen LogP contribution in [0.5, 0.6) is 5.75 Å². The topological polar surface area (TPSA) is 29.5 Å². The lowest BCUT2D eigenvalue weighted by Crippen LogP contribution is -2.26. The second-order valence-electron chi connectivity index (χ2n) is 6.29. The van der Waals surface area contributed by atoms with Crippen LogP contribution in [0.3, 0.4) is 0 Å². The highest BCUT2D eigenvalue weighted by Gasteiger charge is 2.31. The highest BCUT2D eigenvalue weighted by molar-refractivity contribution is 5.94. The molecule has 0 fully saturated rings. The third-order valence-electron chi connectivity index (χ3n) is 4.32. The number of rotatable bonds is 4. The molecule has 1 amide bonds. The van der Waals surface area contributed by atoms with Gasteiger partial charge in [-0.15, -0.1) is 0 Å². The van der Waals surface area contributed by atoms with E-state index in [1.165, 1.54) is 17.0 Å². The van der Waals surface area contributed by atoms with Crippen molar-refractivity contribution in [3.8, 4) is 5.75 Å². The van der Waals surface area contributed by atoms with Gasteiger partial charge in [0.2, 0.25) is 0 Å². The fourth-order valence-electron chi connectivity index (χ4n) is 2.89. The van der Waals surface area contributed by atoms with E-state index in [4.69, 9.17) is 4.74 Å². The molecule has 0 saturated heterocycles. The molecule has 3 aromatic rings. The van der Waals surface area contributed by atoms with Crippen molar-refractivity contribution in [2.75, 3.05) is 14.2 Å². The van der Waals surface area contributed by atoms with Gasteiger partial charge in [0.1, 0.15) is 5.75 Å². The van der Waals surface area contributed by atoms with E-state index in [9.17, 15) is 18.0 Å². The first-order valence-electron chi connectivity index (χ1n) is 8.27. The van der Waals surface area contributed by atoms with Crippen LogP contribution >= 0.6 is 0 Å². The first-order valence-corrected chi connectivity index (χ1v) is 8.27. The van der Waals surface area contributed by atoms with Crippen LogP contribution in [0.15, 0.2) is 60.7 Å². The predicted octanol–water partition coefficient (Wildman–Crippen LogP) is 5.14. The molecule has 0 aliphatic carbocycles.